The van der Waals surface area contributed by atoms with E-state index in [1.165, 1.54) is 18.2 Å². The number of carbonyl (C=O) groups is 1. The first-order valence-corrected chi connectivity index (χ1v) is 7.67. The van der Waals surface area contributed by atoms with Crippen LogP contribution in [0.3, 0.4) is 0 Å². The Morgan fingerprint density at radius 2 is 2.04 bits per heavy atom. The number of nitrogens with one attached hydrogen (secondary N) is 1. The predicted octanol–water partition coefficient (Wildman–Crippen LogP) is 3.61. The van der Waals surface area contributed by atoms with Gasteiger partial charge in [-0.2, -0.15) is 0 Å². The summed E-state index contributed by atoms with van der Waals surface area (Å²) in [6, 6.07) is 13.1. The van der Waals surface area contributed by atoms with Crippen molar-refractivity contribution in [1.29, 1.82) is 0 Å². The zero-order valence-corrected chi connectivity index (χ0v) is 13.9. The van der Waals surface area contributed by atoms with E-state index in [0.29, 0.717) is 0 Å². The normalized spacial score (nSPS) is 11.6. The number of nitro benzene ring substituents is 1. The first kappa shape index (κ1) is 17.0. The van der Waals surface area contributed by atoms with Crippen LogP contribution in [-0.2, 0) is 4.79 Å². The molecular weight excluding hydrogens is 364 g/mol. The van der Waals surface area contributed by atoms with Crippen LogP contribution in [0.1, 0.15) is 18.5 Å². The Balaban J connectivity index is 1.91. The van der Waals surface area contributed by atoms with E-state index < -0.39 is 4.92 Å². The van der Waals surface area contributed by atoms with Gasteiger partial charge in [-0.05, 0) is 24.6 Å². The maximum Gasteiger partial charge on any atom is 0.273 e. The van der Waals surface area contributed by atoms with Crippen molar-refractivity contribution in [1.82, 2.24) is 5.32 Å². The molecule has 0 aliphatic carbocycles. The molecule has 0 aliphatic rings. The topological polar surface area (TPSA) is 81.5 Å². The van der Waals surface area contributed by atoms with E-state index in [1.807, 2.05) is 31.2 Å². The van der Waals surface area contributed by atoms with Crippen molar-refractivity contribution >= 4 is 27.5 Å². The SMILES string of the molecule is C[C@H](NC(=O)COc1cccc([N+](=O)[O-])c1)c1ccccc1Br. The smallest absolute Gasteiger partial charge is 0.273 e. The van der Waals surface area contributed by atoms with E-state index in [2.05, 4.69) is 21.2 Å². The van der Waals surface area contributed by atoms with Crippen LogP contribution in [0, 0.1) is 10.1 Å². The van der Waals surface area contributed by atoms with Crippen LogP contribution in [0.5, 0.6) is 5.75 Å². The molecule has 0 unspecified atom stereocenters. The molecule has 0 heterocycles. The molecule has 23 heavy (non-hydrogen) atoms. The van der Waals surface area contributed by atoms with E-state index in [9.17, 15) is 14.9 Å². The molecule has 7 heteroatoms. The van der Waals surface area contributed by atoms with Gasteiger partial charge in [-0.1, -0.05) is 40.2 Å². The van der Waals surface area contributed by atoms with E-state index in [4.69, 9.17) is 4.74 Å². The molecule has 1 amide bonds. The maximum absolute atomic E-state index is 11.9. The number of ether oxygens (including phenoxy) is 1. The standard InChI is InChI=1S/C16H15BrN2O4/c1-11(14-7-2-3-8-15(14)17)18-16(20)10-23-13-6-4-5-12(9-13)19(21)22/h2-9,11H,10H2,1H3,(H,18,20)/t11-/m0/s1. The molecule has 2 aromatic rings. The van der Waals surface area contributed by atoms with Crippen LogP contribution in [0.25, 0.3) is 0 Å². The van der Waals surface area contributed by atoms with Crippen molar-refractivity contribution in [2.24, 2.45) is 0 Å². The molecule has 0 aliphatic heterocycles. The van der Waals surface area contributed by atoms with Crippen molar-refractivity contribution in [3.8, 4) is 5.75 Å². The van der Waals surface area contributed by atoms with Gasteiger partial charge in [0.15, 0.2) is 6.61 Å². The Labute approximate surface area is 141 Å². The highest BCUT2D eigenvalue weighted by Crippen LogP contribution is 2.23. The van der Waals surface area contributed by atoms with Gasteiger partial charge < -0.3 is 10.1 Å². The summed E-state index contributed by atoms with van der Waals surface area (Å²) in [6.45, 7) is 1.65. The summed E-state index contributed by atoms with van der Waals surface area (Å²) in [4.78, 5) is 22.1. The molecule has 0 bridgehead atoms. The maximum atomic E-state index is 11.9. The van der Waals surface area contributed by atoms with Gasteiger partial charge in [0.2, 0.25) is 0 Å². The van der Waals surface area contributed by atoms with Gasteiger partial charge in [-0.3, -0.25) is 14.9 Å². The third-order valence-corrected chi connectivity index (χ3v) is 3.87. The Kier molecular flexibility index (Phi) is 5.70. The monoisotopic (exact) mass is 378 g/mol. The van der Waals surface area contributed by atoms with Gasteiger partial charge in [-0.25, -0.2) is 0 Å². The molecular formula is C16H15BrN2O4. The van der Waals surface area contributed by atoms with Gasteiger partial charge in [-0.15, -0.1) is 0 Å². The average molecular weight is 379 g/mol. The summed E-state index contributed by atoms with van der Waals surface area (Å²) >= 11 is 3.44. The first-order valence-electron chi connectivity index (χ1n) is 6.88. The molecule has 0 saturated heterocycles. The number of carbonyl (C=O) groups excluding carboxylic acids is 1. The highest BCUT2D eigenvalue weighted by molar-refractivity contribution is 9.10. The van der Waals surface area contributed by atoms with Crippen LogP contribution in [0.2, 0.25) is 0 Å². The lowest BCUT2D eigenvalue weighted by Crippen LogP contribution is -2.31. The number of rotatable bonds is 6. The van der Waals surface area contributed by atoms with Crippen LogP contribution < -0.4 is 10.1 Å². The molecule has 0 spiro atoms. The summed E-state index contributed by atoms with van der Waals surface area (Å²) in [5, 5.41) is 13.5. The van der Waals surface area contributed by atoms with Gasteiger partial charge in [0.05, 0.1) is 17.0 Å². The minimum atomic E-state index is -0.512. The van der Waals surface area contributed by atoms with Gasteiger partial charge in [0, 0.05) is 10.5 Å². The van der Waals surface area contributed by atoms with E-state index >= 15 is 0 Å². The summed E-state index contributed by atoms with van der Waals surface area (Å²) < 4.78 is 6.21. The highest BCUT2D eigenvalue weighted by Gasteiger charge is 2.13. The lowest BCUT2D eigenvalue weighted by atomic mass is 10.1. The Morgan fingerprint density at radius 3 is 2.74 bits per heavy atom. The lowest BCUT2D eigenvalue weighted by molar-refractivity contribution is -0.384. The number of halogens is 1. The molecule has 0 fully saturated rings. The van der Waals surface area contributed by atoms with Crippen LogP contribution in [0.15, 0.2) is 53.0 Å². The number of non-ortho nitro benzene ring substituents is 1. The average Bonchev–Trinajstić information content (AvgIpc) is 2.53. The van der Waals surface area contributed by atoms with E-state index in [-0.39, 0.29) is 30.0 Å². The van der Waals surface area contributed by atoms with Crippen molar-refractivity contribution in [2.45, 2.75) is 13.0 Å². The number of nitro groups is 1. The summed E-state index contributed by atoms with van der Waals surface area (Å²) in [5.41, 5.74) is 0.876. The number of hydrogen-bond acceptors (Lipinski definition) is 4. The lowest BCUT2D eigenvalue weighted by Gasteiger charge is -2.16. The fourth-order valence-corrected chi connectivity index (χ4v) is 2.65. The molecule has 120 valence electrons. The highest BCUT2D eigenvalue weighted by atomic mass is 79.9. The second-order valence-electron chi connectivity index (χ2n) is 4.85. The molecule has 1 N–H and O–H groups in total. The van der Waals surface area contributed by atoms with Gasteiger partial charge in [0.1, 0.15) is 5.75 Å². The zero-order chi connectivity index (χ0) is 16.8. The van der Waals surface area contributed by atoms with E-state index in [1.54, 1.807) is 6.07 Å². The second-order valence-corrected chi connectivity index (χ2v) is 5.71. The molecule has 6 nitrogen and oxygen atoms in total. The third-order valence-electron chi connectivity index (χ3n) is 3.15. The quantitative estimate of drug-likeness (QED) is 0.614. The largest absolute Gasteiger partial charge is 0.484 e. The number of nitrogens with zero attached hydrogens (tertiary/aromatic N) is 1. The third kappa shape index (κ3) is 4.79. The summed E-state index contributed by atoms with van der Waals surface area (Å²) in [7, 11) is 0. The van der Waals surface area contributed by atoms with Crippen LogP contribution in [-0.4, -0.2) is 17.4 Å². The van der Waals surface area contributed by atoms with Crippen molar-refractivity contribution in [3.05, 3.63) is 68.7 Å². The van der Waals surface area contributed by atoms with Gasteiger partial charge in [0.25, 0.3) is 11.6 Å². The summed E-state index contributed by atoms with van der Waals surface area (Å²) in [6.07, 6.45) is 0. The predicted molar refractivity (Wildman–Crippen MR) is 89.3 cm³/mol. The molecule has 0 saturated carbocycles. The Morgan fingerprint density at radius 1 is 1.30 bits per heavy atom. The van der Waals surface area contributed by atoms with Crippen LogP contribution in [0.4, 0.5) is 5.69 Å². The minimum Gasteiger partial charge on any atom is -0.484 e. The molecule has 0 radical (unpaired) electrons. The molecule has 2 aromatic carbocycles. The van der Waals surface area contributed by atoms with Gasteiger partial charge >= 0.3 is 0 Å². The molecule has 0 aromatic heterocycles. The van der Waals surface area contributed by atoms with Crippen molar-refractivity contribution in [2.75, 3.05) is 6.61 Å². The number of amides is 1. The fourth-order valence-electron chi connectivity index (χ4n) is 2.02. The van der Waals surface area contributed by atoms with Crippen LogP contribution >= 0.6 is 15.9 Å². The summed E-state index contributed by atoms with van der Waals surface area (Å²) in [5.74, 6) is -0.0253. The zero-order valence-electron chi connectivity index (χ0n) is 12.4. The minimum absolute atomic E-state index is 0.0792. The molecule has 2 rings (SSSR count). The second kappa shape index (κ2) is 7.73. The number of hydrogen-bond donors (Lipinski definition) is 1. The van der Waals surface area contributed by atoms with E-state index in [0.717, 1.165) is 10.0 Å². The Bertz CT molecular complexity index is 721. The van der Waals surface area contributed by atoms with Crippen molar-refractivity contribution < 1.29 is 14.5 Å². The fraction of sp³-hybridized carbons (Fsp3) is 0.188. The molecule has 1 atom stereocenters. The first-order chi connectivity index (χ1) is 11.0. The van der Waals surface area contributed by atoms with Crippen molar-refractivity contribution in [3.63, 3.8) is 0 Å². The number of benzene rings is 2. The Hall–Kier alpha value is -2.41.